The fourth-order valence-corrected chi connectivity index (χ4v) is 2.97. The SMILES string of the molecule is ClCCCCCCNCc1cc(Br)cs1. The van der Waals surface area contributed by atoms with E-state index in [0.29, 0.717) is 0 Å². The molecule has 0 aromatic carbocycles. The van der Waals surface area contributed by atoms with Crippen LogP contribution in [0.25, 0.3) is 0 Å². The molecule has 1 nitrogen and oxygen atoms in total. The van der Waals surface area contributed by atoms with E-state index in [1.165, 1.54) is 28.6 Å². The lowest BCUT2D eigenvalue weighted by Gasteiger charge is -2.02. The van der Waals surface area contributed by atoms with Crippen LogP contribution in [0.3, 0.4) is 0 Å². The van der Waals surface area contributed by atoms with Gasteiger partial charge in [0, 0.05) is 27.2 Å². The van der Waals surface area contributed by atoms with Crippen molar-refractivity contribution < 1.29 is 0 Å². The molecule has 0 atom stereocenters. The molecular formula is C11H17BrClNS. The molecule has 15 heavy (non-hydrogen) atoms. The summed E-state index contributed by atoms with van der Waals surface area (Å²) in [6.45, 7) is 2.10. The molecule has 0 saturated carbocycles. The molecule has 0 fully saturated rings. The highest BCUT2D eigenvalue weighted by Gasteiger charge is 1.96. The van der Waals surface area contributed by atoms with Crippen LogP contribution in [0.2, 0.25) is 0 Å². The first-order chi connectivity index (χ1) is 7.33. The number of hydrogen-bond donors (Lipinski definition) is 1. The zero-order valence-electron chi connectivity index (χ0n) is 8.77. The van der Waals surface area contributed by atoms with Gasteiger partial charge in [-0.1, -0.05) is 12.8 Å². The van der Waals surface area contributed by atoms with Gasteiger partial charge in [-0.2, -0.15) is 0 Å². The summed E-state index contributed by atoms with van der Waals surface area (Å²) in [6.07, 6.45) is 4.95. The zero-order chi connectivity index (χ0) is 10.9. The molecule has 0 saturated heterocycles. The summed E-state index contributed by atoms with van der Waals surface area (Å²) >= 11 is 10.9. The first-order valence-electron chi connectivity index (χ1n) is 5.32. The second kappa shape index (κ2) is 8.57. The van der Waals surface area contributed by atoms with E-state index in [9.17, 15) is 0 Å². The Morgan fingerprint density at radius 2 is 2.07 bits per heavy atom. The zero-order valence-corrected chi connectivity index (χ0v) is 11.9. The summed E-state index contributed by atoms with van der Waals surface area (Å²) in [4.78, 5) is 1.39. The maximum absolute atomic E-state index is 5.61. The first kappa shape index (κ1) is 13.5. The van der Waals surface area contributed by atoms with Gasteiger partial charge in [0.2, 0.25) is 0 Å². The van der Waals surface area contributed by atoms with E-state index in [1.807, 2.05) is 0 Å². The van der Waals surface area contributed by atoms with Gasteiger partial charge in [-0.15, -0.1) is 22.9 Å². The third-order valence-corrected chi connectivity index (χ3v) is 4.12. The highest BCUT2D eigenvalue weighted by Crippen LogP contribution is 2.19. The molecule has 0 aliphatic rings. The average molecular weight is 311 g/mol. The Kier molecular flexibility index (Phi) is 7.71. The molecule has 1 rings (SSSR count). The lowest BCUT2D eigenvalue weighted by atomic mass is 10.2. The van der Waals surface area contributed by atoms with Gasteiger partial charge < -0.3 is 5.32 Å². The van der Waals surface area contributed by atoms with Crippen LogP contribution in [-0.2, 0) is 6.54 Å². The molecule has 1 aromatic rings. The molecule has 0 bridgehead atoms. The van der Waals surface area contributed by atoms with Crippen molar-refractivity contribution in [1.29, 1.82) is 0 Å². The van der Waals surface area contributed by atoms with Crippen LogP contribution in [0.4, 0.5) is 0 Å². The monoisotopic (exact) mass is 309 g/mol. The minimum Gasteiger partial charge on any atom is -0.312 e. The normalized spacial score (nSPS) is 10.8. The predicted molar refractivity (Wildman–Crippen MR) is 72.9 cm³/mol. The Morgan fingerprint density at radius 3 is 2.73 bits per heavy atom. The van der Waals surface area contributed by atoms with E-state index in [4.69, 9.17) is 11.6 Å². The maximum Gasteiger partial charge on any atom is 0.0300 e. The Balaban J connectivity index is 1.93. The maximum atomic E-state index is 5.61. The lowest BCUT2D eigenvalue weighted by Crippen LogP contribution is -2.13. The van der Waals surface area contributed by atoms with E-state index in [0.717, 1.165) is 25.4 Å². The van der Waals surface area contributed by atoms with Gasteiger partial charge in [0.05, 0.1) is 0 Å². The Bertz CT molecular complexity index is 265. The third kappa shape index (κ3) is 6.56. The molecule has 4 heteroatoms. The third-order valence-electron chi connectivity index (χ3n) is 2.16. The van der Waals surface area contributed by atoms with Crippen molar-refractivity contribution in [3.05, 3.63) is 20.8 Å². The van der Waals surface area contributed by atoms with Crippen LogP contribution in [0, 0.1) is 0 Å². The van der Waals surface area contributed by atoms with Gasteiger partial charge in [0.1, 0.15) is 0 Å². The molecule has 0 aliphatic heterocycles. The van der Waals surface area contributed by atoms with Gasteiger partial charge in [-0.25, -0.2) is 0 Å². The highest BCUT2D eigenvalue weighted by molar-refractivity contribution is 9.10. The minimum atomic E-state index is 0.802. The molecule has 0 spiro atoms. The van der Waals surface area contributed by atoms with Crippen molar-refractivity contribution in [2.75, 3.05) is 12.4 Å². The van der Waals surface area contributed by atoms with Crippen molar-refractivity contribution in [3.63, 3.8) is 0 Å². The summed E-state index contributed by atoms with van der Waals surface area (Å²) in [5, 5.41) is 5.57. The standard InChI is InChI=1S/C11H17BrClNS/c12-10-7-11(15-9-10)8-14-6-4-2-1-3-5-13/h7,9,14H,1-6,8H2. The highest BCUT2D eigenvalue weighted by atomic mass is 79.9. The topological polar surface area (TPSA) is 12.0 Å². The van der Waals surface area contributed by atoms with Crippen LogP contribution in [-0.4, -0.2) is 12.4 Å². The molecule has 0 amide bonds. The fraction of sp³-hybridized carbons (Fsp3) is 0.636. The second-order valence-corrected chi connectivity index (χ2v) is 5.80. The fourth-order valence-electron chi connectivity index (χ4n) is 1.36. The molecule has 0 aliphatic carbocycles. The van der Waals surface area contributed by atoms with Gasteiger partial charge in [-0.05, 0) is 41.4 Å². The van der Waals surface area contributed by atoms with Crippen LogP contribution < -0.4 is 5.32 Å². The number of unbranched alkanes of at least 4 members (excludes halogenated alkanes) is 3. The molecule has 86 valence electrons. The summed E-state index contributed by atoms with van der Waals surface area (Å²) in [7, 11) is 0. The Hall–Kier alpha value is 0.430. The number of thiophene rings is 1. The average Bonchev–Trinajstić information content (AvgIpc) is 2.63. The van der Waals surface area contributed by atoms with Gasteiger partial charge in [0.15, 0.2) is 0 Å². The van der Waals surface area contributed by atoms with Crippen molar-refractivity contribution in [1.82, 2.24) is 5.32 Å². The van der Waals surface area contributed by atoms with E-state index < -0.39 is 0 Å². The number of alkyl halides is 1. The second-order valence-electron chi connectivity index (χ2n) is 3.51. The first-order valence-corrected chi connectivity index (χ1v) is 7.53. The number of halogens is 2. The van der Waals surface area contributed by atoms with E-state index >= 15 is 0 Å². The molecule has 1 heterocycles. The number of hydrogen-bond acceptors (Lipinski definition) is 2. The van der Waals surface area contributed by atoms with Crippen molar-refractivity contribution >= 4 is 38.9 Å². The summed E-state index contributed by atoms with van der Waals surface area (Å²) in [5.41, 5.74) is 0. The molecule has 0 unspecified atom stereocenters. The quantitative estimate of drug-likeness (QED) is 0.554. The molecule has 1 aromatic heterocycles. The largest absolute Gasteiger partial charge is 0.312 e. The van der Waals surface area contributed by atoms with Crippen LogP contribution in [0.15, 0.2) is 15.9 Å². The van der Waals surface area contributed by atoms with Crippen molar-refractivity contribution in [2.45, 2.75) is 32.2 Å². The summed E-state index contributed by atoms with van der Waals surface area (Å²) in [5.74, 6) is 0.802. The Morgan fingerprint density at radius 1 is 1.27 bits per heavy atom. The molecular weight excluding hydrogens is 294 g/mol. The van der Waals surface area contributed by atoms with Gasteiger partial charge in [0.25, 0.3) is 0 Å². The van der Waals surface area contributed by atoms with Crippen molar-refractivity contribution in [2.24, 2.45) is 0 Å². The van der Waals surface area contributed by atoms with Gasteiger partial charge in [-0.3, -0.25) is 0 Å². The Labute approximate surface area is 109 Å². The number of rotatable bonds is 8. The van der Waals surface area contributed by atoms with Gasteiger partial charge >= 0.3 is 0 Å². The summed E-state index contributed by atoms with van der Waals surface area (Å²) < 4.78 is 1.19. The smallest absolute Gasteiger partial charge is 0.0300 e. The number of nitrogens with one attached hydrogen (secondary N) is 1. The lowest BCUT2D eigenvalue weighted by molar-refractivity contribution is 0.601. The van der Waals surface area contributed by atoms with Crippen LogP contribution in [0.5, 0.6) is 0 Å². The predicted octanol–water partition coefficient (Wildman–Crippen LogP) is 4.40. The van der Waals surface area contributed by atoms with Crippen LogP contribution in [0.1, 0.15) is 30.6 Å². The van der Waals surface area contributed by atoms with Crippen molar-refractivity contribution in [3.8, 4) is 0 Å². The van der Waals surface area contributed by atoms with Crippen LogP contribution >= 0.6 is 38.9 Å². The molecule has 1 N–H and O–H groups in total. The minimum absolute atomic E-state index is 0.802. The summed E-state index contributed by atoms with van der Waals surface area (Å²) in [6, 6.07) is 2.17. The molecule has 0 radical (unpaired) electrons. The van der Waals surface area contributed by atoms with E-state index in [1.54, 1.807) is 11.3 Å². The van der Waals surface area contributed by atoms with E-state index in [2.05, 4.69) is 32.7 Å². The van der Waals surface area contributed by atoms with E-state index in [-0.39, 0.29) is 0 Å².